The van der Waals surface area contributed by atoms with Gasteiger partial charge in [-0.05, 0) is 74.5 Å². The standard InChI is InChI=1S/C18H27NO2/c1-16-5-12-4-13(6-16)8-17(7-12,9-16)15(20)19-10-18(21,11-19)14-2-3-14/h12-14,21H,2-11H2,1H3. The van der Waals surface area contributed by atoms with Crippen LogP contribution in [0.4, 0.5) is 0 Å². The van der Waals surface area contributed by atoms with Crippen molar-refractivity contribution in [2.24, 2.45) is 28.6 Å². The summed E-state index contributed by atoms with van der Waals surface area (Å²) in [6.07, 6.45) is 9.78. The van der Waals surface area contributed by atoms with Crippen LogP contribution < -0.4 is 0 Å². The van der Waals surface area contributed by atoms with Crippen molar-refractivity contribution in [2.45, 2.75) is 63.9 Å². The van der Waals surface area contributed by atoms with E-state index in [1.54, 1.807) is 0 Å². The average molecular weight is 289 g/mol. The molecule has 5 saturated carbocycles. The molecule has 1 amide bonds. The third-order valence-corrected chi connectivity index (χ3v) is 7.36. The largest absolute Gasteiger partial charge is 0.386 e. The predicted octanol–water partition coefficient (Wildman–Crippen LogP) is 2.58. The molecule has 0 aromatic carbocycles. The fourth-order valence-corrected chi connectivity index (χ4v) is 6.94. The number of likely N-dealkylation sites (tertiary alicyclic amines) is 1. The Labute approximate surface area is 127 Å². The molecule has 0 aromatic rings. The Morgan fingerprint density at radius 1 is 1.10 bits per heavy atom. The minimum atomic E-state index is -0.526. The summed E-state index contributed by atoms with van der Waals surface area (Å²) in [6, 6.07) is 0. The number of nitrogens with zero attached hydrogens (tertiary/aromatic N) is 1. The van der Waals surface area contributed by atoms with Gasteiger partial charge in [0.05, 0.1) is 18.5 Å². The van der Waals surface area contributed by atoms with E-state index >= 15 is 0 Å². The highest BCUT2D eigenvalue weighted by molar-refractivity contribution is 5.84. The van der Waals surface area contributed by atoms with Gasteiger partial charge in [0.15, 0.2) is 0 Å². The monoisotopic (exact) mass is 289 g/mol. The number of amides is 1. The molecule has 3 heteroatoms. The number of rotatable bonds is 2. The fraction of sp³-hybridized carbons (Fsp3) is 0.944. The van der Waals surface area contributed by atoms with Crippen molar-refractivity contribution in [3.05, 3.63) is 0 Å². The van der Waals surface area contributed by atoms with Crippen molar-refractivity contribution in [2.75, 3.05) is 13.1 Å². The zero-order valence-corrected chi connectivity index (χ0v) is 13.1. The Kier molecular flexibility index (Phi) is 2.26. The SMILES string of the molecule is CC12CC3CC(C1)CC(C(=O)N1CC(O)(C4CC4)C1)(C3)C2. The van der Waals surface area contributed by atoms with E-state index in [-0.39, 0.29) is 5.41 Å². The second-order valence-corrected chi connectivity index (χ2v) is 9.59. The van der Waals surface area contributed by atoms with E-state index in [4.69, 9.17) is 0 Å². The highest BCUT2D eigenvalue weighted by atomic mass is 16.3. The van der Waals surface area contributed by atoms with E-state index < -0.39 is 5.60 Å². The lowest BCUT2D eigenvalue weighted by Gasteiger charge is -2.62. The second-order valence-electron chi connectivity index (χ2n) is 9.59. The van der Waals surface area contributed by atoms with Crippen molar-refractivity contribution in [1.82, 2.24) is 4.90 Å². The van der Waals surface area contributed by atoms with Crippen LogP contribution in [0.25, 0.3) is 0 Å². The van der Waals surface area contributed by atoms with Crippen LogP contribution in [0.5, 0.6) is 0 Å². The van der Waals surface area contributed by atoms with Crippen LogP contribution in [-0.2, 0) is 4.79 Å². The van der Waals surface area contributed by atoms with Gasteiger partial charge in [-0.2, -0.15) is 0 Å². The molecular formula is C18H27NO2. The van der Waals surface area contributed by atoms with E-state index in [2.05, 4.69) is 6.92 Å². The molecule has 116 valence electrons. The summed E-state index contributed by atoms with van der Waals surface area (Å²) in [5.74, 6) is 2.47. The molecular weight excluding hydrogens is 262 g/mol. The van der Waals surface area contributed by atoms with Crippen molar-refractivity contribution in [3.63, 3.8) is 0 Å². The van der Waals surface area contributed by atoms with Gasteiger partial charge >= 0.3 is 0 Å². The predicted molar refractivity (Wildman–Crippen MR) is 79.5 cm³/mol. The van der Waals surface area contributed by atoms with Gasteiger partial charge in [-0.25, -0.2) is 0 Å². The minimum absolute atomic E-state index is 0.0519. The van der Waals surface area contributed by atoms with E-state index in [0.717, 1.165) is 43.9 Å². The molecule has 0 spiro atoms. The molecule has 1 heterocycles. The fourth-order valence-electron chi connectivity index (χ4n) is 6.94. The third-order valence-electron chi connectivity index (χ3n) is 7.36. The van der Waals surface area contributed by atoms with Gasteiger partial charge < -0.3 is 10.0 Å². The van der Waals surface area contributed by atoms with Crippen molar-refractivity contribution < 1.29 is 9.90 Å². The summed E-state index contributed by atoms with van der Waals surface area (Å²) in [6.45, 7) is 3.65. The topological polar surface area (TPSA) is 40.5 Å². The molecule has 0 radical (unpaired) electrons. The number of β-amino-alcohol motifs (C(OH)–C–C–N with tert-alkyl or cyclic N) is 1. The van der Waals surface area contributed by atoms with Crippen molar-refractivity contribution in [1.29, 1.82) is 0 Å². The molecule has 21 heavy (non-hydrogen) atoms. The first kappa shape index (κ1) is 12.9. The Hall–Kier alpha value is -0.570. The third kappa shape index (κ3) is 1.73. The molecule has 4 bridgehead atoms. The summed E-state index contributed by atoms with van der Waals surface area (Å²) >= 11 is 0. The summed E-state index contributed by atoms with van der Waals surface area (Å²) < 4.78 is 0. The van der Waals surface area contributed by atoms with Gasteiger partial charge in [-0.1, -0.05) is 6.92 Å². The number of aliphatic hydroxyl groups is 1. The van der Waals surface area contributed by atoms with Gasteiger partial charge in [0.2, 0.25) is 5.91 Å². The Bertz CT molecular complexity index is 489. The zero-order valence-electron chi connectivity index (χ0n) is 13.1. The molecule has 2 atom stereocenters. The summed E-state index contributed by atoms with van der Waals surface area (Å²) in [4.78, 5) is 15.2. The Morgan fingerprint density at radius 2 is 1.71 bits per heavy atom. The highest BCUT2D eigenvalue weighted by Gasteiger charge is 2.62. The lowest BCUT2D eigenvalue weighted by Crippen LogP contribution is -2.68. The molecule has 6 fully saturated rings. The zero-order chi connectivity index (χ0) is 14.5. The van der Waals surface area contributed by atoms with Gasteiger partial charge in [0.25, 0.3) is 0 Å². The normalized spacial score (nSPS) is 50.1. The molecule has 6 aliphatic rings. The molecule has 3 nitrogen and oxygen atoms in total. The maximum atomic E-state index is 13.2. The number of hydrogen-bond donors (Lipinski definition) is 1. The Morgan fingerprint density at radius 3 is 2.24 bits per heavy atom. The Balaban J connectivity index is 1.37. The smallest absolute Gasteiger partial charge is 0.229 e. The van der Waals surface area contributed by atoms with Crippen molar-refractivity contribution in [3.8, 4) is 0 Å². The van der Waals surface area contributed by atoms with E-state index in [1.807, 2.05) is 4.90 Å². The van der Waals surface area contributed by atoms with Gasteiger partial charge in [0, 0.05) is 0 Å². The van der Waals surface area contributed by atoms with Gasteiger partial charge in [0.1, 0.15) is 5.60 Å². The van der Waals surface area contributed by atoms with Crippen LogP contribution in [0.1, 0.15) is 58.3 Å². The van der Waals surface area contributed by atoms with Crippen LogP contribution in [-0.4, -0.2) is 34.6 Å². The average Bonchev–Trinajstić information content (AvgIpc) is 3.15. The van der Waals surface area contributed by atoms with E-state index in [1.165, 1.54) is 19.3 Å². The van der Waals surface area contributed by atoms with Gasteiger partial charge in [-0.15, -0.1) is 0 Å². The van der Waals surface area contributed by atoms with Crippen molar-refractivity contribution >= 4 is 5.91 Å². The maximum Gasteiger partial charge on any atom is 0.229 e. The van der Waals surface area contributed by atoms with Crippen LogP contribution >= 0.6 is 0 Å². The summed E-state index contributed by atoms with van der Waals surface area (Å²) in [5.41, 5.74) is -0.150. The number of hydrogen-bond acceptors (Lipinski definition) is 2. The first-order valence-electron chi connectivity index (χ1n) is 8.92. The molecule has 1 N–H and O–H groups in total. The molecule has 1 aliphatic heterocycles. The quantitative estimate of drug-likeness (QED) is 0.849. The molecule has 2 unspecified atom stereocenters. The van der Waals surface area contributed by atoms with Crippen LogP contribution in [0.3, 0.4) is 0 Å². The minimum Gasteiger partial charge on any atom is -0.386 e. The molecule has 6 rings (SSSR count). The van der Waals surface area contributed by atoms with E-state index in [9.17, 15) is 9.90 Å². The second kappa shape index (κ2) is 3.67. The first-order chi connectivity index (χ1) is 9.90. The maximum absolute atomic E-state index is 13.2. The van der Waals surface area contributed by atoms with Crippen LogP contribution in [0, 0.1) is 28.6 Å². The molecule has 0 aromatic heterocycles. The summed E-state index contributed by atoms with van der Waals surface area (Å²) in [7, 11) is 0. The van der Waals surface area contributed by atoms with Gasteiger partial charge in [-0.3, -0.25) is 4.79 Å². The molecule has 5 aliphatic carbocycles. The van der Waals surface area contributed by atoms with Crippen LogP contribution in [0.15, 0.2) is 0 Å². The lowest BCUT2D eigenvalue weighted by atomic mass is 9.44. The number of carbonyl (C=O) groups is 1. The first-order valence-corrected chi connectivity index (χ1v) is 8.92. The molecule has 1 saturated heterocycles. The lowest BCUT2D eigenvalue weighted by molar-refractivity contribution is -0.187. The highest BCUT2D eigenvalue weighted by Crippen LogP contribution is 2.65. The number of carbonyl (C=O) groups excluding carboxylic acids is 1. The van der Waals surface area contributed by atoms with E-state index in [0.29, 0.717) is 30.3 Å². The summed E-state index contributed by atoms with van der Waals surface area (Å²) in [5, 5.41) is 10.5. The van der Waals surface area contributed by atoms with Crippen LogP contribution in [0.2, 0.25) is 0 Å².